The van der Waals surface area contributed by atoms with Crippen LogP contribution in [0.1, 0.15) is 16.7 Å². The van der Waals surface area contributed by atoms with Gasteiger partial charge in [-0.1, -0.05) is 6.07 Å². The van der Waals surface area contributed by atoms with Crippen LogP contribution in [0.5, 0.6) is 0 Å². The molecule has 1 N–H and O–H groups in total. The van der Waals surface area contributed by atoms with Crippen LogP contribution in [-0.4, -0.2) is 0 Å². The second-order valence-electron chi connectivity index (χ2n) is 4.17. The van der Waals surface area contributed by atoms with Crippen LogP contribution in [0, 0.1) is 41.2 Å². The molecule has 0 amide bonds. The third kappa shape index (κ3) is 2.43. The molecule has 0 aliphatic carbocycles. The monoisotopic (exact) mass is 269 g/mol. The third-order valence-corrected chi connectivity index (χ3v) is 2.84. The van der Waals surface area contributed by atoms with Crippen molar-refractivity contribution < 1.29 is 8.78 Å². The largest absolute Gasteiger partial charge is 0.353 e. The third-order valence-electron chi connectivity index (χ3n) is 2.84. The van der Waals surface area contributed by atoms with Gasteiger partial charge in [-0.05, 0) is 36.8 Å². The highest BCUT2D eigenvalue weighted by molar-refractivity contribution is 5.66. The summed E-state index contributed by atoms with van der Waals surface area (Å²) in [6.45, 7) is 1.78. The van der Waals surface area contributed by atoms with Crippen LogP contribution in [0.2, 0.25) is 0 Å². The van der Waals surface area contributed by atoms with E-state index in [4.69, 9.17) is 10.5 Å². The molecule has 0 saturated heterocycles. The molecule has 5 heteroatoms. The Balaban J connectivity index is 2.44. The van der Waals surface area contributed by atoms with E-state index in [1.165, 1.54) is 12.1 Å². The minimum absolute atomic E-state index is 0.0836. The fourth-order valence-corrected chi connectivity index (χ4v) is 1.70. The Hall–Kier alpha value is -2.92. The van der Waals surface area contributed by atoms with Crippen molar-refractivity contribution in [3.05, 3.63) is 58.7 Å². The van der Waals surface area contributed by atoms with Crippen molar-refractivity contribution in [2.24, 2.45) is 0 Å². The first-order chi connectivity index (χ1) is 9.56. The molecule has 0 fully saturated rings. The van der Waals surface area contributed by atoms with Gasteiger partial charge in [0.05, 0.1) is 22.9 Å². The number of anilines is 2. The van der Waals surface area contributed by atoms with Crippen molar-refractivity contribution in [3.8, 4) is 12.1 Å². The predicted octanol–water partition coefficient (Wildman–Crippen LogP) is 3.76. The number of aryl methyl sites for hydroxylation is 1. The maximum absolute atomic E-state index is 13.8. The molecule has 0 heterocycles. The van der Waals surface area contributed by atoms with E-state index < -0.39 is 11.6 Å². The Morgan fingerprint density at radius 1 is 0.950 bits per heavy atom. The van der Waals surface area contributed by atoms with E-state index in [9.17, 15) is 8.78 Å². The summed E-state index contributed by atoms with van der Waals surface area (Å²) in [6, 6.07) is 10.9. The van der Waals surface area contributed by atoms with Crippen molar-refractivity contribution in [2.75, 3.05) is 5.32 Å². The van der Waals surface area contributed by atoms with Gasteiger partial charge < -0.3 is 5.32 Å². The molecule has 0 spiro atoms. The Morgan fingerprint density at radius 3 is 2.35 bits per heavy atom. The van der Waals surface area contributed by atoms with Gasteiger partial charge in [0, 0.05) is 5.69 Å². The number of hydrogen-bond acceptors (Lipinski definition) is 3. The predicted molar refractivity (Wildman–Crippen MR) is 70.2 cm³/mol. The second-order valence-corrected chi connectivity index (χ2v) is 4.17. The number of hydrogen-bond donors (Lipinski definition) is 1. The van der Waals surface area contributed by atoms with Crippen molar-refractivity contribution >= 4 is 11.4 Å². The second kappa shape index (κ2) is 5.38. The first-order valence-electron chi connectivity index (χ1n) is 5.72. The molecule has 2 rings (SSSR count). The fourth-order valence-electron chi connectivity index (χ4n) is 1.70. The molecule has 0 atom stereocenters. The van der Waals surface area contributed by atoms with E-state index in [1.807, 2.05) is 6.07 Å². The van der Waals surface area contributed by atoms with E-state index in [1.54, 1.807) is 31.2 Å². The number of halogens is 2. The van der Waals surface area contributed by atoms with Crippen LogP contribution < -0.4 is 5.32 Å². The summed E-state index contributed by atoms with van der Waals surface area (Å²) in [7, 11) is 0. The molecule has 20 heavy (non-hydrogen) atoms. The Labute approximate surface area is 114 Å². The van der Waals surface area contributed by atoms with Crippen LogP contribution in [0.15, 0.2) is 30.3 Å². The highest BCUT2D eigenvalue weighted by atomic mass is 19.2. The molecule has 0 aliphatic rings. The van der Waals surface area contributed by atoms with Crippen LogP contribution in [0.25, 0.3) is 0 Å². The van der Waals surface area contributed by atoms with Gasteiger partial charge in [-0.2, -0.15) is 10.5 Å². The van der Waals surface area contributed by atoms with Crippen molar-refractivity contribution in [1.82, 2.24) is 0 Å². The quantitative estimate of drug-likeness (QED) is 0.902. The Kier molecular flexibility index (Phi) is 3.63. The molecule has 0 bridgehead atoms. The molecular formula is C15H9F2N3. The zero-order chi connectivity index (χ0) is 14.7. The van der Waals surface area contributed by atoms with Crippen LogP contribution >= 0.6 is 0 Å². The standard InChI is InChI=1S/C15H9F2N3/c1-9-2-3-10(7-18)6-13(9)20-12-5-4-11(8-19)14(16)15(12)17/h2-6,20H,1H3. The first-order valence-corrected chi connectivity index (χ1v) is 5.72. The summed E-state index contributed by atoms with van der Waals surface area (Å²) >= 11 is 0. The van der Waals surface area contributed by atoms with Crippen molar-refractivity contribution in [3.63, 3.8) is 0 Å². The maximum Gasteiger partial charge on any atom is 0.183 e. The molecule has 2 aromatic carbocycles. The average Bonchev–Trinajstić information content (AvgIpc) is 2.46. The number of benzene rings is 2. The van der Waals surface area contributed by atoms with E-state index >= 15 is 0 Å². The summed E-state index contributed by atoms with van der Waals surface area (Å²) < 4.78 is 27.3. The van der Waals surface area contributed by atoms with Crippen molar-refractivity contribution in [1.29, 1.82) is 10.5 Å². The van der Waals surface area contributed by atoms with E-state index in [0.29, 0.717) is 11.3 Å². The summed E-state index contributed by atoms with van der Waals surface area (Å²) in [5, 5.41) is 20.2. The molecule has 3 nitrogen and oxygen atoms in total. The fraction of sp³-hybridized carbons (Fsp3) is 0.0667. The van der Waals surface area contributed by atoms with E-state index in [2.05, 4.69) is 5.32 Å². The average molecular weight is 269 g/mol. The van der Waals surface area contributed by atoms with Gasteiger partial charge in [0.25, 0.3) is 0 Å². The van der Waals surface area contributed by atoms with E-state index in [0.717, 1.165) is 5.56 Å². The normalized spacial score (nSPS) is 9.65. The van der Waals surface area contributed by atoms with E-state index in [-0.39, 0.29) is 11.3 Å². The summed E-state index contributed by atoms with van der Waals surface area (Å²) in [5.41, 5.74) is 1.27. The lowest BCUT2D eigenvalue weighted by Crippen LogP contribution is -2.00. The van der Waals surface area contributed by atoms with Crippen LogP contribution in [-0.2, 0) is 0 Å². The molecule has 0 aromatic heterocycles. The number of nitrogens with one attached hydrogen (secondary N) is 1. The topological polar surface area (TPSA) is 59.6 Å². The highest BCUT2D eigenvalue weighted by Crippen LogP contribution is 2.26. The maximum atomic E-state index is 13.8. The lowest BCUT2D eigenvalue weighted by atomic mass is 10.1. The van der Waals surface area contributed by atoms with Crippen LogP contribution in [0.4, 0.5) is 20.2 Å². The molecule has 2 aromatic rings. The van der Waals surface area contributed by atoms with Gasteiger partial charge in [-0.25, -0.2) is 8.78 Å². The van der Waals surface area contributed by atoms with Crippen LogP contribution in [0.3, 0.4) is 0 Å². The molecule has 0 unspecified atom stereocenters. The van der Waals surface area contributed by atoms with Gasteiger partial charge in [0.15, 0.2) is 11.6 Å². The lowest BCUT2D eigenvalue weighted by Gasteiger charge is -2.11. The van der Waals surface area contributed by atoms with Gasteiger partial charge in [-0.3, -0.25) is 0 Å². The molecule has 0 radical (unpaired) electrons. The SMILES string of the molecule is Cc1ccc(C#N)cc1Nc1ccc(C#N)c(F)c1F. The van der Waals surface area contributed by atoms with Gasteiger partial charge >= 0.3 is 0 Å². The Morgan fingerprint density at radius 2 is 1.70 bits per heavy atom. The minimum atomic E-state index is -1.19. The highest BCUT2D eigenvalue weighted by Gasteiger charge is 2.14. The molecule has 0 saturated carbocycles. The summed E-state index contributed by atoms with van der Waals surface area (Å²) in [4.78, 5) is 0. The molecule has 0 aliphatic heterocycles. The van der Waals surface area contributed by atoms with Gasteiger partial charge in [-0.15, -0.1) is 0 Å². The van der Waals surface area contributed by atoms with Gasteiger partial charge in [0.1, 0.15) is 6.07 Å². The number of nitrogens with zero attached hydrogens (tertiary/aromatic N) is 2. The lowest BCUT2D eigenvalue weighted by molar-refractivity contribution is 0.509. The van der Waals surface area contributed by atoms with Crippen molar-refractivity contribution in [2.45, 2.75) is 6.92 Å². The summed E-state index contributed by atoms with van der Waals surface area (Å²) in [6.07, 6.45) is 0. The Bertz CT molecular complexity index is 755. The number of rotatable bonds is 2. The molecular weight excluding hydrogens is 260 g/mol. The smallest absolute Gasteiger partial charge is 0.183 e. The minimum Gasteiger partial charge on any atom is -0.353 e. The number of nitriles is 2. The molecule has 98 valence electrons. The summed E-state index contributed by atoms with van der Waals surface area (Å²) in [5.74, 6) is -2.31. The zero-order valence-electron chi connectivity index (χ0n) is 10.5. The van der Waals surface area contributed by atoms with Gasteiger partial charge in [0.2, 0.25) is 0 Å². The zero-order valence-corrected chi connectivity index (χ0v) is 10.5. The first kappa shape index (κ1) is 13.5.